The van der Waals surface area contributed by atoms with Crippen molar-refractivity contribution in [3.05, 3.63) is 42.5 Å². The van der Waals surface area contributed by atoms with Crippen molar-refractivity contribution in [3.8, 4) is 0 Å². The lowest BCUT2D eigenvalue weighted by molar-refractivity contribution is -0.0429. The molecule has 3 heterocycles. The standard InChI is InChI=1S/C23H29N7O3/c31-22(32)15-13-26-23(27-14-15)29-17-3-1-16(2-4-17)28-20-12-18(30-7-9-33-10-8-30)11-19-21(20)25-6-5-24-19/h5-6,11-14,16-17,22,28,31-32H,1-4,7-10H2,(H,26,27,29). The zero-order valence-corrected chi connectivity index (χ0v) is 18.4. The second-order valence-electron chi connectivity index (χ2n) is 8.57. The Kier molecular flexibility index (Phi) is 6.47. The molecule has 174 valence electrons. The van der Waals surface area contributed by atoms with Gasteiger partial charge in [-0.15, -0.1) is 0 Å². The van der Waals surface area contributed by atoms with Crippen LogP contribution in [0.2, 0.25) is 0 Å². The maximum Gasteiger partial charge on any atom is 0.222 e. The van der Waals surface area contributed by atoms with E-state index < -0.39 is 6.29 Å². The zero-order chi connectivity index (χ0) is 22.6. The third-order valence-corrected chi connectivity index (χ3v) is 6.32. The summed E-state index contributed by atoms with van der Waals surface area (Å²) >= 11 is 0. The summed E-state index contributed by atoms with van der Waals surface area (Å²) in [6.07, 6.45) is 8.77. The van der Waals surface area contributed by atoms with Gasteiger partial charge in [0.05, 0.1) is 24.4 Å². The van der Waals surface area contributed by atoms with Crippen LogP contribution in [0.1, 0.15) is 37.5 Å². The number of nitrogens with one attached hydrogen (secondary N) is 2. The third kappa shape index (κ3) is 5.13. The van der Waals surface area contributed by atoms with Crippen LogP contribution in [0.15, 0.2) is 36.9 Å². The van der Waals surface area contributed by atoms with E-state index in [9.17, 15) is 10.2 Å². The van der Waals surface area contributed by atoms with Gasteiger partial charge in [-0.1, -0.05) is 0 Å². The topological polar surface area (TPSA) is 129 Å². The molecule has 5 rings (SSSR count). The predicted molar refractivity (Wildman–Crippen MR) is 125 cm³/mol. The molecule has 3 aromatic rings. The van der Waals surface area contributed by atoms with Gasteiger partial charge < -0.3 is 30.5 Å². The maximum absolute atomic E-state index is 9.18. The number of morpholine rings is 1. The lowest BCUT2D eigenvalue weighted by atomic mass is 9.91. The van der Waals surface area contributed by atoms with E-state index >= 15 is 0 Å². The average molecular weight is 452 g/mol. The quantitative estimate of drug-likeness (QED) is 0.413. The summed E-state index contributed by atoms with van der Waals surface area (Å²) in [6.45, 7) is 3.24. The first-order valence-electron chi connectivity index (χ1n) is 11.4. The second-order valence-corrected chi connectivity index (χ2v) is 8.57. The lowest BCUT2D eigenvalue weighted by Gasteiger charge is -2.32. The Balaban J connectivity index is 1.24. The van der Waals surface area contributed by atoms with Crippen molar-refractivity contribution in [2.45, 2.75) is 44.1 Å². The van der Waals surface area contributed by atoms with Gasteiger partial charge in [-0.2, -0.15) is 0 Å². The fourth-order valence-electron chi connectivity index (χ4n) is 4.50. The van der Waals surface area contributed by atoms with E-state index in [1.807, 2.05) is 0 Å². The Morgan fingerprint density at radius 2 is 1.55 bits per heavy atom. The Morgan fingerprint density at radius 1 is 0.879 bits per heavy atom. The summed E-state index contributed by atoms with van der Waals surface area (Å²) in [6, 6.07) is 4.93. The molecule has 2 aliphatic rings. The Hall–Kier alpha value is -3.08. The van der Waals surface area contributed by atoms with E-state index in [1.54, 1.807) is 12.4 Å². The molecule has 1 saturated heterocycles. The van der Waals surface area contributed by atoms with Crippen molar-refractivity contribution in [2.24, 2.45) is 0 Å². The van der Waals surface area contributed by atoms with Crippen LogP contribution in [0.3, 0.4) is 0 Å². The minimum atomic E-state index is -1.55. The Morgan fingerprint density at radius 3 is 2.24 bits per heavy atom. The monoisotopic (exact) mass is 451 g/mol. The average Bonchev–Trinajstić information content (AvgIpc) is 2.86. The third-order valence-electron chi connectivity index (χ3n) is 6.32. The van der Waals surface area contributed by atoms with Crippen LogP contribution in [-0.2, 0) is 4.74 Å². The van der Waals surface area contributed by atoms with Gasteiger partial charge in [0.2, 0.25) is 5.95 Å². The highest BCUT2D eigenvalue weighted by atomic mass is 16.5. The highest BCUT2D eigenvalue weighted by molar-refractivity contribution is 5.91. The smallest absolute Gasteiger partial charge is 0.222 e. The van der Waals surface area contributed by atoms with Crippen LogP contribution in [0.5, 0.6) is 0 Å². The molecule has 2 aromatic heterocycles. The molecule has 4 N–H and O–H groups in total. The number of anilines is 3. The van der Waals surface area contributed by atoms with Gasteiger partial charge in [-0.25, -0.2) is 9.97 Å². The number of aliphatic hydroxyl groups excluding tert-OH is 1. The van der Waals surface area contributed by atoms with E-state index in [1.165, 1.54) is 12.4 Å². The van der Waals surface area contributed by atoms with Crippen molar-refractivity contribution in [3.63, 3.8) is 0 Å². The number of rotatable bonds is 6. The SMILES string of the molecule is OC(O)c1cnc(NC2CCC(Nc3cc(N4CCOCC4)cc4nccnc34)CC2)nc1. The zero-order valence-electron chi connectivity index (χ0n) is 18.4. The number of fused-ring (bicyclic) bond motifs is 1. The largest absolute Gasteiger partial charge is 0.380 e. The molecule has 1 saturated carbocycles. The van der Waals surface area contributed by atoms with E-state index in [0.717, 1.165) is 74.4 Å². The molecule has 1 aliphatic carbocycles. The predicted octanol–water partition coefficient (Wildman–Crippen LogP) is 2.07. The van der Waals surface area contributed by atoms with Crippen LogP contribution >= 0.6 is 0 Å². The van der Waals surface area contributed by atoms with Crippen LogP contribution < -0.4 is 15.5 Å². The van der Waals surface area contributed by atoms with Crippen molar-refractivity contribution in [1.29, 1.82) is 0 Å². The van der Waals surface area contributed by atoms with Gasteiger partial charge in [0.1, 0.15) is 5.52 Å². The van der Waals surface area contributed by atoms with Gasteiger partial charge in [-0.3, -0.25) is 9.97 Å². The minimum absolute atomic E-state index is 0.281. The fourth-order valence-corrected chi connectivity index (χ4v) is 4.50. The van der Waals surface area contributed by atoms with Crippen molar-refractivity contribution >= 4 is 28.4 Å². The molecule has 1 aromatic carbocycles. The normalized spacial score (nSPS) is 21.4. The van der Waals surface area contributed by atoms with Crippen molar-refractivity contribution in [2.75, 3.05) is 41.8 Å². The molecule has 2 fully saturated rings. The van der Waals surface area contributed by atoms with Gasteiger partial charge in [0.25, 0.3) is 0 Å². The lowest BCUT2D eigenvalue weighted by Crippen LogP contribution is -2.36. The van der Waals surface area contributed by atoms with Crippen LogP contribution in [0.4, 0.5) is 17.3 Å². The summed E-state index contributed by atoms with van der Waals surface area (Å²) < 4.78 is 5.51. The van der Waals surface area contributed by atoms with E-state index in [4.69, 9.17) is 4.74 Å². The molecule has 1 aliphatic heterocycles. The number of nitrogens with zero attached hydrogens (tertiary/aromatic N) is 5. The molecule has 0 atom stereocenters. The minimum Gasteiger partial charge on any atom is -0.380 e. The maximum atomic E-state index is 9.18. The van der Waals surface area contributed by atoms with Crippen LogP contribution in [0, 0.1) is 0 Å². The van der Waals surface area contributed by atoms with E-state index in [0.29, 0.717) is 12.0 Å². The van der Waals surface area contributed by atoms with Crippen LogP contribution in [0.25, 0.3) is 11.0 Å². The van der Waals surface area contributed by atoms with Gasteiger partial charge in [-0.05, 0) is 37.8 Å². The molecule has 0 bridgehead atoms. The highest BCUT2D eigenvalue weighted by Gasteiger charge is 2.23. The van der Waals surface area contributed by atoms with Crippen LogP contribution in [-0.4, -0.2) is 68.5 Å². The van der Waals surface area contributed by atoms with Gasteiger partial charge in [0, 0.05) is 61.2 Å². The molecule has 10 heteroatoms. The van der Waals surface area contributed by atoms with Crippen molar-refractivity contribution < 1.29 is 14.9 Å². The van der Waals surface area contributed by atoms with E-state index in [-0.39, 0.29) is 11.6 Å². The summed E-state index contributed by atoms with van der Waals surface area (Å²) in [5.41, 5.74) is 4.25. The fraction of sp³-hybridized carbons (Fsp3) is 0.478. The molecular weight excluding hydrogens is 422 g/mol. The summed E-state index contributed by atoms with van der Waals surface area (Å²) in [4.78, 5) is 19.8. The molecule has 0 spiro atoms. The van der Waals surface area contributed by atoms with Crippen molar-refractivity contribution in [1.82, 2.24) is 19.9 Å². The number of aromatic nitrogens is 4. The molecule has 0 amide bonds. The number of ether oxygens (including phenoxy) is 1. The first kappa shape index (κ1) is 21.7. The summed E-state index contributed by atoms with van der Waals surface area (Å²) in [7, 11) is 0. The Bertz CT molecular complexity index is 1070. The molecule has 0 radical (unpaired) electrons. The first-order valence-corrected chi connectivity index (χ1v) is 11.4. The van der Waals surface area contributed by atoms with Gasteiger partial charge in [0.15, 0.2) is 6.29 Å². The molecular formula is C23H29N7O3. The molecule has 0 unspecified atom stereocenters. The summed E-state index contributed by atoms with van der Waals surface area (Å²) in [5.74, 6) is 0.510. The number of hydrogen-bond donors (Lipinski definition) is 4. The number of hydrogen-bond acceptors (Lipinski definition) is 10. The summed E-state index contributed by atoms with van der Waals surface area (Å²) in [5, 5.41) is 25.4. The van der Waals surface area contributed by atoms with Gasteiger partial charge >= 0.3 is 0 Å². The Labute approximate surface area is 192 Å². The highest BCUT2D eigenvalue weighted by Crippen LogP contribution is 2.31. The first-order chi connectivity index (χ1) is 16.2. The molecule has 10 nitrogen and oxygen atoms in total. The molecule has 33 heavy (non-hydrogen) atoms. The number of aliphatic hydroxyl groups is 2. The second kappa shape index (κ2) is 9.82. The number of benzene rings is 1. The van der Waals surface area contributed by atoms with E-state index in [2.05, 4.69) is 47.6 Å².